The number of carbonyl (C=O) groups is 1. The van der Waals surface area contributed by atoms with Crippen molar-refractivity contribution in [2.75, 3.05) is 25.0 Å². The smallest absolute Gasteiger partial charge is 0.269 e. The topological polar surface area (TPSA) is 111 Å². The summed E-state index contributed by atoms with van der Waals surface area (Å²) in [6.07, 6.45) is 1.17. The first kappa shape index (κ1) is 23.4. The molecule has 9 nitrogen and oxygen atoms in total. The Kier molecular flexibility index (Phi) is 7.26. The van der Waals surface area contributed by atoms with Gasteiger partial charge in [-0.15, -0.1) is 0 Å². The summed E-state index contributed by atoms with van der Waals surface area (Å²) in [5, 5.41) is 2.70. The van der Waals surface area contributed by atoms with Gasteiger partial charge in [0, 0.05) is 13.1 Å². The van der Waals surface area contributed by atoms with Crippen LogP contribution >= 0.6 is 0 Å². The molecule has 1 amide bonds. The number of para-hydroxylation sites is 2. The number of amides is 1. The summed E-state index contributed by atoms with van der Waals surface area (Å²) in [6.45, 7) is 6.02. The van der Waals surface area contributed by atoms with Gasteiger partial charge in [0.15, 0.2) is 0 Å². The lowest BCUT2D eigenvalue weighted by molar-refractivity contribution is -0.116. The number of hydrogen-bond acceptors (Lipinski definition) is 6. The molecule has 0 radical (unpaired) electrons. The summed E-state index contributed by atoms with van der Waals surface area (Å²) in [5.74, 6) is -0.159. The second kappa shape index (κ2) is 9.92. The van der Waals surface area contributed by atoms with E-state index in [0.29, 0.717) is 36.5 Å². The highest BCUT2D eigenvalue weighted by Gasteiger charge is 2.23. The van der Waals surface area contributed by atoms with E-state index in [0.717, 1.165) is 0 Å². The Hall–Kier alpha value is -3.24. The summed E-state index contributed by atoms with van der Waals surface area (Å²) < 4.78 is 34.0. The zero-order valence-corrected chi connectivity index (χ0v) is 19.1. The lowest BCUT2D eigenvalue weighted by atomic mass is 10.2. The molecule has 1 aromatic heterocycles. The van der Waals surface area contributed by atoms with Gasteiger partial charge < -0.3 is 10.1 Å². The molecule has 1 heterocycles. The number of aromatic nitrogens is 2. The van der Waals surface area contributed by atoms with E-state index >= 15 is 0 Å². The molecule has 0 aliphatic carbocycles. The van der Waals surface area contributed by atoms with Gasteiger partial charge in [-0.1, -0.05) is 26.0 Å². The number of nitrogens with zero attached hydrogens (tertiary/aromatic N) is 3. The van der Waals surface area contributed by atoms with E-state index in [1.165, 1.54) is 33.3 Å². The SMILES string of the molecule is CCOc1ccc(S(=O)(=O)N(CC)CC)cc1NC(=O)Cn1c(=O)cnc2ccccc21. The van der Waals surface area contributed by atoms with Crippen molar-refractivity contribution in [2.24, 2.45) is 0 Å². The molecule has 3 aromatic rings. The van der Waals surface area contributed by atoms with Gasteiger partial charge in [-0.05, 0) is 37.3 Å². The molecule has 0 saturated carbocycles. The Bertz CT molecular complexity index is 1280. The average molecular weight is 459 g/mol. The van der Waals surface area contributed by atoms with Gasteiger partial charge in [0.1, 0.15) is 12.3 Å². The molecule has 3 rings (SSSR count). The number of fused-ring (bicyclic) bond motifs is 1. The van der Waals surface area contributed by atoms with Crippen LogP contribution in [0.4, 0.5) is 5.69 Å². The third kappa shape index (κ3) is 4.81. The van der Waals surface area contributed by atoms with Crippen LogP contribution in [-0.4, -0.2) is 47.9 Å². The summed E-state index contributed by atoms with van der Waals surface area (Å²) >= 11 is 0. The molecule has 0 unspecified atom stereocenters. The zero-order valence-electron chi connectivity index (χ0n) is 18.2. The number of sulfonamides is 1. The fourth-order valence-corrected chi connectivity index (χ4v) is 4.86. The van der Waals surface area contributed by atoms with E-state index in [-0.39, 0.29) is 17.1 Å². The lowest BCUT2D eigenvalue weighted by Gasteiger charge is -2.20. The van der Waals surface area contributed by atoms with Gasteiger partial charge in [0.05, 0.1) is 34.4 Å². The van der Waals surface area contributed by atoms with Crippen molar-refractivity contribution in [3.8, 4) is 5.75 Å². The van der Waals surface area contributed by atoms with Crippen LogP contribution in [0, 0.1) is 0 Å². The van der Waals surface area contributed by atoms with E-state index < -0.39 is 21.5 Å². The van der Waals surface area contributed by atoms with E-state index in [9.17, 15) is 18.0 Å². The monoisotopic (exact) mass is 458 g/mol. The Morgan fingerprint density at radius 2 is 1.84 bits per heavy atom. The highest BCUT2D eigenvalue weighted by atomic mass is 32.2. The largest absolute Gasteiger partial charge is 0.492 e. The standard InChI is InChI=1S/C22H26N4O5S/c1-4-25(5-2)32(29,30)16-11-12-20(31-6-3)18(13-16)24-21(27)15-26-19-10-8-7-9-17(19)23-14-22(26)28/h7-14H,4-6,15H2,1-3H3,(H,24,27). The second-order valence-corrected chi connectivity index (χ2v) is 8.84. The summed E-state index contributed by atoms with van der Waals surface area (Å²) in [6, 6.07) is 11.4. The van der Waals surface area contributed by atoms with Gasteiger partial charge in [0.2, 0.25) is 15.9 Å². The Morgan fingerprint density at radius 3 is 2.53 bits per heavy atom. The molecule has 0 atom stereocenters. The van der Waals surface area contributed by atoms with Crippen LogP contribution in [0.3, 0.4) is 0 Å². The Morgan fingerprint density at radius 1 is 1.12 bits per heavy atom. The number of ether oxygens (including phenoxy) is 1. The van der Waals surface area contributed by atoms with Crippen LogP contribution in [0.1, 0.15) is 20.8 Å². The quantitative estimate of drug-likeness (QED) is 0.527. The van der Waals surface area contributed by atoms with Crippen molar-refractivity contribution in [1.29, 1.82) is 0 Å². The molecule has 170 valence electrons. The number of anilines is 1. The molecule has 32 heavy (non-hydrogen) atoms. The fourth-order valence-electron chi connectivity index (χ4n) is 3.37. The average Bonchev–Trinajstić information content (AvgIpc) is 2.77. The van der Waals surface area contributed by atoms with Gasteiger partial charge in [0.25, 0.3) is 5.56 Å². The molecule has 0 aliphatic rings. The molecular weight excluding hydrogens is 432 g/mol. The molecule has 0 bridgehead atoms. The Labute approximate surface area is 186 Å². The second-order valence-electron chi connectivity index (χ2n) is 6.90. The maximum absolute atomic E-state index is 12.9. The molecule has 0 saturated heterocycles. The molecule has 0 spiro atoms. The van der Waals surface area contributed by atoms with E-state index in [1.807, 2.05) is 0 Å². The van der Waals surface area contributed by atoms with E-state index in [2.05, 4.69) is 10.3 Å². The van der Waals surface area contributed by atoms with E-state index in [4.69, 9.17) is 4.74 Å². The molecule has 2 aromatic carbocycles. The van der Waals surface area contributed by atoms with Crippen molar-refractivity contribution < 1.29 is 17.9 Å². The van der Waals surface area contributed by atoms with Crippen LogP contribution in [-0.2, 0) is 21.4 Å². The van der Waals surface area contributed by atoms with Crippen molar-refractivity contribution in [3.05, 3.63) is 59.0 Å². The summed E-state index contributed by atoms with van der Waals surface area (Å²) in [7, 11) is -3.72. The van der Waals surface area contributed by atoms with Gasteiger partial charge in [-0.25, -0.2) is 13.4 Å². The first-order valence-electron chi connectivity index (χ1n) is 10.3. The minimum Gasteiger partial charge on any atom is -0.492 e. The van der Waals surface area contributed by atoms with E-state index in [1.54, 1.807) is 45.0 Å². The highest BCUT2D eigenvalue weighted by molar-refractivity contribution is 7.89. The number of nitrogens with one attached hydrogen (secondary N) is 1. The van der Waals surface area contributed by atoms with Crippen molar-refractivity contribution in [1.82, 2.24) is 13.9 Å². The molecular formula is C22H26N4O5S. The van der Waals surface area contributed by atoms with Crippen LogP contribution in [0.2, 0.25) is 0 Å². The predicted molar refractivity (Wildman–Crippen MR) is 122 cm³/mol. The van der Waals surface area contributed by atoms with Gasteiger partial charge in [-0.2, -0.15) is 4.31 Å². The predicted octanol–water partition coefficient (Wildman–Crippen LogP) is 2.46. The number of carbonyl (C=O) groups excluding carboxylic acids is 1. The van der Waals surface area contributed by atoms with Crippen molar-refractivity contribution >= 4 is 32.7 Å². The molecule has 1 N–H and O–H groups in total. The van der Waals surface area contributed by atoms with Gasteiger partial charge in [-0.3, -0.25) is 14.2 Å². The first-order chi connectivity index (χ1) is 15.3. The first-order valence-corrected chi connectivity index (χ1v) is 11.8. The zero-order chi connectivity index (χ0) is 23.3. The summed E-state index contributed by atoms with van der Waals surface area (Å²) in [5.41, 5.74) is 0.915. The maximum Gasteiger partial charge on any atom is 0.269 e. The fraction of sp³-hybridized carbons (Fsp3) is 0.318. The number of hydrogen-bond donors (Lipinski definition) is 1. The maximum atomic E-state index is 12.9. The number of rotatable bonds is 9. The lowest BCUT2D eigenvalue weighted by Crippen LogP contribution is -2.31. The van der Waals surface area contributed by atoms with Crippen molar-refractivity contribution in [2.45, 2.75) is 32.2 Å². The van der Waals surface area contributed by atoms with Crippen LogP contribution in [0.5, 0.6) is 5.75 Å². The normalized spacial score (nSPS) is 11.6. The van der Waals surface area contributed by atoms with Crippen LogP contribution in [0.15, 0.2) is 58.4 Å². The number of benzene rings is 2. The molecule has 0 fully saturated rings. The summed E-state index contributed by atoms with van der Waals surface area (Å²) in [4.78, 5) is 29.3. The van der Waals surface area contributed by atoms with Crippen molar-refractivity contribution in [3.63, 3.8) is 0 Å². The van der Waals surface area contributed by atoms with Gasteiger partial charge >= 0.3 is 0 Å². The van der Waals surface area contributed by atoms with Crippen LogP contribution in [0.25, 0.3) is 11.0 Å². The molecule has 0 aliphatic heterocycles. The third-order valence-electron chi connectivity index (χ3n) is 4.92. The minimum atomic E-state index is -3.72. The minimum absolute atomic E-state index is 0.0477. The molecule has 10 heteroatoms. The Balaban J connectivity index is 1.95. The third-order valence-corrected chi connectivity index (χ3v) is 6.97. The highest BCUT2D eigenvalue weighted by Crippen LogP contribution is 2.29. The van der Waals surface area contributed by atoms with Crippen LogP contribution < -0.4 is 15.6 Å².